The number of methoxy groups -OCH3 is 1. The summed E-state index contributed by atoms with van der Waals surface area (Å²) in [6.07, 6.45) is 3.52. The van der Waals surface area contributed by atoms with E-state index in [1.54, 1.807) is 26.6 Å². The van der Waals surface area contributed by atoms with Crippen molar-refractivity contribution in [1.29, 1.82) is 0 Å². The van der Waals surface area contributed by atoms with E-state index in [4.69, 9.17) is 4.74 Å². The monoisotopic (exact) mass is 312 g/mol. The van der Waals surface area contributed by atoms with Crippen LogP contribution in [0.25, 0.3) is 22.5 Å². The van der Waals surface area contributed by atoms with Gasteiger partial charge in [0.25, 0.3) is 0 Å². The lowest BCUT2D eigenvalue weighted by atomic mass is 10.1. The van der Waals surface area contributed by atoms with Gasteiger partial charge in [0.1, 0.15) is 11.5 Å². The number of hydrogen-bond donors (Lipinski definition) is 2. The second-order valence-corrected chi connectivity index (χ2v) is 4.29. The molecule has 0 amide bonds. The molecule has 0 saturated carbocycles. The Balaban J connectivity index is 0.000000924. The summed E-state index contributed by atoms with van der Waals surface area (Å²) < 4.78 is 5.36. The Morgan fingerprint density at radius 2 is 1.83 bits per heavy atom. The highest BCUT2D eigenvalue weighted by molar-refractivity contribution is 5.70. The van der Waals surface area contributed by atoms with Gasteiger partial charge in [0, 0.05) is 24.4 Å². The molecule has 0 bridgehead atoms. The van der Waals surface area contributed by atoms with Crippen LogP contribution in [0.4, 0.5) is 5.82 Å². The smallest absolute Gasteiger partial charge is 0.221 e. The van der Waals surface area contributed by atoms with Crippen LogP contribution in [0, 0.1) is 0 Å². The number of pyridine rings is 1. The molecule has 0 aliphatic rings. The van der Waals surface area contributed by atoms with Crippen molar-refractivity contribution < 1.29 is 4.74 Å². The lowest BCUT2D eigenvalue weighted by molar-refractivity contribution is 0.400. The standard InChI is InChI=1S/C14H14N6O.C2H6/c1-15-13-6-5-12(19-20-13)11-4-3-10(14(18-11)21-2)9-7-16-17-8-9;1-2/h3-8H,1-2H3,(H,15,20)(H,16,17);1-2H3. The van der Waals surface area contributed by atoms with Gasteiger partial charge in [0.05, 0.1) is 19.0 Å². The topological polar surface area (TPSA) is 88.6 Å². The van der Waals surface area contributed by atoms with Gasteiger partial charge in [-0.3, -0.25) is 5.10 Å². The Labute approximate surface area is 135 Å². The van der Waals surface area contributed by atoms with E-state index in [0.29, 0.717) is 23.1 Å². The summed E-state index contributed by atoms with van der Waals surface area (Å²) in [6.45, 7) is 4.00. The van der Waals surface area contributed by atoms with E-state index in [2.05, 4.69) is 30.7 Å². The molecule has 0 spiro atoms. The molecule has 0 aliphatic carbocycles. The van der Waals surface area contributed by atoms with Crippen LogP contribution in [0.15, 0.2) is 36.7 Å². The van der Waals surface area contributed by atoms with E-state index < -0.39 is 0 Å². The number of ether oxygens (including phenoxy) is 1. The largest absolute Gasteiger partial charge is 0.481 e. The van der Waals surface area contributed by atoms with Crippen LogP contribution in [0.5, 0.6) is 5.88 Å². The van der Waals surface area contributed by atoms with E-state index in [-0.39, 0.29) is 0 Å². The molecule has 0 unspecified atom stereocenters. The lowest BCUT2D eigenvalue weighted by Gasteiger charge is -2.08. The molecule has 3 aromatic heterocycles. The van der Waals surface area contributed by atoms with Crippen molar-refractivity contribution in [3.63, 3.8) is 0 Å². The quantitative estimate of drug-likeness (QED) is 0.770. The number of H-pyrrole nitrogens is 1. The van der Waals surface area contributed by atoms with Gasteiger partial charge in [-0.1, -0.05) is 13.8 Å². The summed E-state index contributed by atoms with van der Waals surface area (Å²) >= 11 is 0. The predicted octanol–water partition coefficient (Wildman–Crippen LogP) is 3.01. The van der Waals surface area contributed by atoms with Gasteiger partial charge < -0.3 is 10.1 Å². The molecule has 0 fully saturated rings. The van der Waals surface area contributed by atoms with Gasteiger partial charge in [-0.05, 0) is 24.3 Å². The van der Waals surface area contributed by atoms with Gasteiger partial charge in [-0.25, -0.2) is 4.98 Å². The van der Waals surface area contributed by atoms with E-state index in [9.17, 15) is 0 Å². The normalized spacial score (nSPS) is 9.74. The van der Waals surface area contributed by atoms with Gasteiger partial charge in [0.15, 0.2) is 0 Å². The zero-order chi connectivity index (χ0) is 16.7. The summed E-state index contributed by atoms with van der Waals surface area (Å²) in [5.41, 5.74) is 3.18. The molecule has 2 N–H and O–H groups in total. The van der Waals surface area contributed by atoms with Gasteiger partial charge in [-0.2, -0.15) is 5.10 Å². The van der Waals surface area contributed by atoms with Crippen molar-refractivity contribution in [3.05, 3.63) is 36.7 Å². The highest BCUT2D eigenvalue weighted by Gasteiger charge is 2.11. The third-order valence-corrected chi connectivity index (χ3v) is 3.05. The number of nitrogens with one attached hydrogen (secondary N) is 2. The average Bonchev–Trinajstić information content (AvgIpc) is 3.17. The van der Waals surface area contributed by atoms with Crippen LogP contribution < -0.4 is 10.1 Å². The Morgan fingerprint density at radius 1 is 1.04 bits per heavy atom. The fourth-order valence-electron chi connectivity index (χ4n) is 1.96. The number of rotatable bonds is 4. The first-order chi connectivity index (χ1) is 11.3. The zero-order valence-corrected chi connectivity index (χ0v) is 13.7. The zero-order valence-electron chi connectivity index (χ0n) is 13.7. The van der Waals surface area contributed by atoms with Gasteiger partial charge in [0.2, 0.25) is 5.88 Å². The third-order valence-electron chi connectivity index (χ3n) is 3.05. The minimum atomic E-state index is 0.522. The molecule has 23 heavy (non-hydrogen) atoms. The molecule has 0 aliphatic heterocycles. The number of aromatic amines is 1. The maximum Gasteiger partial charge on any atom is 0.221 e. The van der Waals surface area contributed by atoms with Crippen LogP contribution in [-0.2, 0) is 0 Å². The molecule has 3 heterocycles. The van der Waals surface area contributed by atoms with Gasteiger partial charge in [-0.15, -0.1) is 10.2 Å². The predicted molar refractivity (Wildman–Crippen MR) is 90.3 cm³/mol. The second-order valence-electron chi connectivity index (χ2n) is 4.29. The van der Waals surface area contributed by atoms with Crippen molar-refractivity contribution in [3.8, 4) is 28.4 Å². The van der Waals surface area contributed by atoms with E-state index >= 15 is 0 Å². The number of anilines is 1. The molecule has 0 radical (unpaired) electrons. The minimum absolute atomic E-state index is 0.522. The summed E-state index contributed by atoms with van der Waals surface area (Å²) in [5, 5.41) is 17.8. The number of nitrogens with zero attached hydrogens (tertiary/aromatic N) is 4. The van der Waals surface area contributed by atoms with E-state index in [0.717, 1.165) is 11.1 Å². The molecule has 3 aromatic rings. The third kappa shape index (κ3) is 3.63. The minimum Gasteiger partial charge on any atom is -0.481 e. The van der Waals surface area contributed by atoms with Crippen LogP contribution in [0.3, 0.4) is 0 Å². The van der Waals surface area contributed by atoms with Crippen molar-refractivity contribution in [2.45, 2.75) is 13.8 Å². The van der Waals surface area contributed by atoms with E-state index in [1.807, 2.05) is 38.1 Å². The summed E-state index contributed by atoms with van der Waals surface area (Å²) in [4.78, 5) is 4.49. The fraction of sp³-hybridized carbons (Fsp3) is 0.250. The molecule has 0 aromatic carbocycles. The molecule has 0 saturated heterocycles. The van der Waals surface area contributed by atoms with Crippen LogP contribution in [0.1, 0.15) is 13.8 Å². The first-order valence-corrected chi connectivity index (χ1v) is 7.38. The number of aromatic nitrogens is 5. The highest BCUT2D eigenvalue weighted by Crippen LogP contribution is 2.29. The van der Waals surface area contributed by atoms with Crippen LogP contribution >= 0.6 is 0 Å². The maximum atomic E-state index is 5.36. The Hall–Kier alpha value is -2.96. The maximum absolute atomic E-state index is 5.36. The van der Waals surface area contributed by atoms with Crippen molar-refractivity contribution in [2.24, 2.45) is 0 Å². The molecule has 3 rings (SSSR count). The van der Waals surface area contributed by atoms with Gasteiger partial charge >= 0.3 is 0 Å². The van der Waals surface area contributed by atoms with Crippen molar-refractivity contribution in [1.82, 2.24) is 25.4 Å². The van der Waals surface area contributed by atoms with Crippen molar-refractivity contribution >= 4 is 5.82 Å². The first kappa shape index (κ1) is 16.4. The number of hydrogen-bond acceptors (Lipinski definition) is 6. The fourth-order valence-corrected chi connectivity index (χ4v) is 1.96. The summed E-state index contributed by atoms with van der Waals surface area (Å²) in [6, 6.07) is 7.52. The second kappa shape index (κ2) is 7.88. The van der Waals surface area contributed by atoms with Crippen LogP contribution in [-0.4, -0.2) is 39.5 Å². The summed E-state index contributed by atoms with van der Waals surface area (Å²) in [5.74, 6) is 1.23. The molecular weight excluding hydrogens is 292 g/mol. The highest BCUT2D eigenvalue weighted by atomic mass is 16.5. The average molecular weight is 312 g/mol. The Morgan fingerprint density at radius 3 is 2.39 bits per heavy atom. The Bertz CT molecular complexity index is 725. The lowest BCUT2D eigenvalue weighted by Crippen LogP contribution is -1.98. The first-order valence-electron chi connectivity index (χ1n) is 7.38. The van der Waals surface area contributed by atoms with Crippen LogP contribution in [0.2, 0.25) is 0 Å². The van der Waals surface area contributed by atoms with Crippen molar-refractivity contribution in [2.75, 3.05) is 19.5 Å². The molecular formula is C16H20N6O. The molecule has 120 valence electrons. The SMILES string of the molecule is CC.CNc1ccc(-c2ccc(-c3cn[nH]c3)c(OC)n2)nn1. The van der Waals surface area contributed by atoms with E-state index in [1.165, 1.54) is 0 Å². The molecule has 7 nitrogen and oxygen atoms in total. The molecule has 0 atom stereocenters. The summed E-state index contributed by atoms with van der Waals surface area (Å²) in [7, 11) is 3.39. The Kier molecular flexibility index (Phi) is 5.62. The molecule has 7 heteroatoms.